The lowest BCUT2D eigenvalue weighted by Gasteiger charge is -2.27. The zero-order valence-corrected chi connectivity index (χ0v) is 20.6. The molecular weight excluding hydrogens is 506 g/mol. The fraction of sp³-hybridized carbons (Fsp3) is 0.500. The molecule has 2 saturated carbocycles. The smallest absolute Gasteiger partial charge is 0.263 e. The number of aromatic nitrogens is 4. The number of hydrogen-bond acceptors (Lipinski definition) is 7. The topological polar surface area (TPSA) is 128 Å². The molecular formula is C22H28BrN7O2S. The predicted octanol–water partition coefficient (Wildman–Crippen LogP) is 4.19. The summed E-state index contributed by atoms with van der Waals surface area (Å²) in [4.78, 5) is 14.0. The molecule has 0 amide bonds. The summed E-state index contributed by atoms with van der Waals surface area (Å²) in [5.41, 5.74) is 7.16. The summed E-state index contributed by atoms with van der Waals surface area (Å²) in [6.07, 6.45) is 10.0. The van der Waals surface area contributed by atoms with Crippen LogP contribution in [0.1, 0.15) is 57.4 Å². The minimum Gasteiger partial charge on any atom is -0.351 e. The molecule has 0 spiro atoms. The van der Waals surface area contributed by atoms with E-state index in [0.29, 0.717) is 23.2 Å². The van der Waals surface area contributed by atoms with E-state index < -0.39 is 10.0 Å². The minimum absolute atomic E-state index is 0.156. The minimum atomic E-state index is -3.84. The number of nitrogens with zero attached hydrogens (tertiary/aromatic N) is 4. The van der Waals surface area contributed by atoms with Crippen LogP contribution in [-0.2, 0) is 10.0 Å². The van der Waals surface area contributed by atoms with Gasteiger partial charge in [-0.1, -0.05) is 28.8 Å². The van der Waals surface area contributed by atoms with Gasteiger partial charge in [-0.15, -0.1) is 0 Å². The molecule has 0 unspecified atom stereocenters. The lowest BCUT2D eigenvalue weighted by molar-refractivity contribution is 0.410. The van der Waals surface area contributed by atoms with Gasteiger partial charge in [-0.2, -0.15) is 9.97 Å². The van der Waals surface area contributed by atoms with Gasteiger partial charge >= 0.3 is 0 Å². The third-order valence-electron chi connectivity index (χ3n) is 6.60. The van der Waals surface area contributed by atoms with E-state index in [2.05, 4.69) is 40.5 Å². The largest absolute Gasteiger partial charge is 0.351 e. The first-order valence-electron chi connectivity index (χ1n) is 11.4. The predicted molar refractivity (Wildman–Crippen MR) is 132 cm³/mol. The molecule has 2 aromatic heterocycles. The summed E-state index contributed by atoms with van der Waals surface area (Å²) >= 11 is 3.34. The first kappa shape index (κ1) is 22.5. The van der Waals surface area contributed by atoms with Crippen LogP contribution in [0.2, 0.25) is 0 Å². The number of sulfonamides is 1. The molecule has 1 aromatic carbocycles. The standard InChI is InChI=1S/C22H28BrN7O2S/c23-14-5-11-18(12-6-14)33(31,32)29-20-19-21(30(13-25-19)17-3-1-2-4-17)28-22(27-20)26-16-9-7-15(24)8-10-16/h5-6,11-13,15-17H,1-4,7-10,24H2,(H2,26,27,28,29). The lowest BCUT2D eigenvalue weighted by atomic mass is 9.92. The van der Waals surface area contributed by atoms with Crippen LogP contribution in [-0.4, -0.2) is 40.0 Å². The molecule has 2 aliphatic rings. The van der Waals surface area contributed by atoms with Crippen molar-refractivity contribution in [1.29, 1.82) is 0 Å². The maximum Gasteiger partial charge on any atom is 0.263 e. The number of benzene rings is 1. The quantitative estimate of drug-likeness (QED) is 0.433. The number of anilines is 2. The van der Waals surface area contributed by atoms with Crippen molar-refractivity contribution in [2.24, 2.45) is 5.73 Å². The third-order valence-corrected chi connectivity index (χ3v) is 8.48. The van der Waals surface area contributed by atoms with E-state index in [1.807, 2.05) is 0 Å². The van der Waals surface area contributed by atoms with Crippen LogP contribution in [0, 0.1) is 0 Å². The first-order chi connectivity index (χ1) is 15.9. The van der Waals surface area contributed by atoms with Crippen LogP contribution in [0.5, 0.6) is 0 Å². The molecule has 0 aliphatic heterocycles. The highest BCUT2D eigenvalue weighted by atomic mass is 79.9. The van der Waals surface area contributed by atoms with Crippen LogP contribution in [0.3, 0.4) is 0 Å². The maximum atomic E-state index is 13.1. The Bertz CT molecular complexity index is 1230. The van der Waals surface area contributed by atoms with Crippen molar-refractivity contribution in [3.8, 4) is 0 Å². The molecule has 4 N–H and O–H groups in total. The summed E-state index contributed by atoms with van der Waals surface area (Å²) in [5, 5.41) is 3.41. The number of hydrogen-bond donors (Lipinski definition) is 3. The fourth-order valence-electron chi connectivity index (χ4n) is 4.75. The molecule has 2 fully saturated rings. The van der Waals surface area contributed by atoms with Crippen LogP contribution in [0.25, 0.3) is 11.2 Å². The number of nitrogens with two attached hydrogens (primary N) is 1. The lowest BCUT2D eigenvalue weighted by Crippen LogP contribution is -2.33. The molecule has 9 nitrogen and oxygen atoms in total. The van der Waals surface area contributed by atoms with Crippen molar-refractivity contribution >= 4 is 48.9 Å². The highest BCUT2D eigenvalue weighted by Gasteiger charge is 2.25. The van der Waals surface area contributed by atoms with Crippen LogP contribution in [0.4, 0.5) is 11.8 Å². The molecule has 11 heteroatoms. The van der Waals surface area contributed by atoms with Gasteiger partial charge in [0.15, 0.2) is 17.0 Å². The Hall–Kier alpha value is -2.24. The van der Waals surface area contributed by atoms with Crippen LogP contribution in [0.15, 0.2) is 40.0 Å². The highest BCUT2D eigenvalue weighted by Crippen LogP contribution is 2.34. The van der Waals surface area contributed by atoms with Gasteiger partial charge in [0.05, 0.1) is 11.2 Å². The SMILES string of the molecule is NC1CCC(Nc2nc(NS(=O)(=O)c3ccc(Br)cc3)c3ncn(C4CCCC4)c3n2)CC1. The van der Waals surface area contributed by atoms with Gasteiger partial charge in [-0.05, 0) is 62.8 Å². The third kappa shape index (κ3) is 4.85. The molecule has 33 heavy (non-hydrogen) atoms. The average molecular weight is 534 g/mol. The van der Waals surface area contributed by atoms with Crippen LogP contribution < -0.4 is 15.8 Å². The van der Waals surface area contributed by atoms with Crippen molar-refractivity contribution in [2.75, 3.05) is 10.0 Å². The summed E-state index contributed by atoms with van der Waals surface area (Å²) < 4.78 is 31.7. The van der Waals surface area contributed by atoms with E-state index in [1.54, 1.807) is 30.6 Å². The van der Waals surface area contributed by atoms with Gasteiger partial charge in [0.1, 0.15) is 0 Å². The monoisotopic (exact) mass is 533 g/mol. The van der Waals surface area contributed by atoms with Crippen molar-refractivity contribution in [1.82, 2.24) is 19.5 Å². The van der Waals surface area contributed by atoms with Gasteiger partial charge in [-0.25, -0.2) is 13.4 Å². The number of fused-ring (bicyclic) bond motifs is 1. The highest BCUT2D eigenvalue weighted by molar-refractivity contribution is 9.10. The Kier molecular flexibility index (Phi) is 6.28. The summed E-state index contributed by atoms with van der Waals surface area (Å²) in [5.74, 6) is 0.603. The zero-order chi connectivity index (χ0) is 23.0. The zero-order valence-electron chi connectivity index (χ0n) is 18.2. The molecule has 0 saturated heterocycles. The second-order valence-corrected chi connectivity index (χ2v) is 11.6. The Morgan fingerprint density at radius 1 is 1.00 bits per heavy atom. The molecule has 0 bridgehead atoms. The molecule has 5 rings (SSSR count). The van der Waals surface area contributed by atoms with E-state index in [9.17, 15) is 8.42 Å². The Balaban J connectivity index is 1.52. The molecule has 0 atom stereocenters. The molecule has 0 radical (unpaired) electrons. The molecule has 2 heterocycles. The Labute approximate surface area is 201 Å². The van der Waals surface area contributed by atoms with Crippen molar-refractivity contribution in [3.05, 3.63) is 35.1 Å². The van der Waals surface area contributed by atoms with E-state index in [4.69, 9.17) is 10.7 Å². The van der Waals surface area contributed by atoms with E-state index in [-0.39, 0.29) is 22.8 Å². The van der Waals surface area contributed by atoms with Crippen LogP contribution >= 0.6 is 15.9 Å². The van der Waals surface area contributed by atoms with Gasteiger partial charge in [-0.3, -0.25) is 4.72 Å². The first-order valence-corrected chi connectivity index (χ1v) is 13.7. The molecule has 3 aromatic rings. The van der Waals surface area contributed by atoms with Crippen molar-refractivity contribution in [3.63, 3.8) is 0 Å². The molecule has 2 aliphatic carbocycles. The van der Waals surface area contributed by atoms with Crippen molar-refractivity contribution in [2.45, 2.75) is 74.4 Å². The Morgan fingerprint density at radius 2 is 1.70 bits per heavy atom. The number of halogens is 1. The maximum absolute atomic E-state index is 13.1. The Morgan fingerprint density at radius 3 is 2.39 bits per heavy atom. The second kappa shape index (κ2) is 9.19. The average Bonchev–Trinajstić information content (AvgIpc) is 3.45. The van der Waals surface area contributed by atoms with Gasteiger partial charge < -0.3 is 15.6 Å². The van der Waals surface area contributed by atoms with Crippen molar-refractivity contribution < 1.29 is 8.42 Å². The van der Waals surface area contributed by atoms with Gasteiger partial charge in [0.2, 0.25) is 5.95 Å². The number of rotatable bonds is 6. The second-order valence-electron chi connectivity index (χ2n) is 8.97. The number of nitrogens with one attached hydrogen (secondary N) is 2. The van der Waals surface area contributed by atoms with E-state index in [0.717, 1.165) is 43.0 Å². The normalized spacial score (nSPS) is 22.0. The summed E-state index contributed by atoms with van der Waals surface area (Å²) in [6, 6.07) is 7.25. The van der Waals surface area contributed by atoms with Gasteiger partial charge in [0.25, 0.3) is 10.0 Å². The summed E-state index contributed by atoms with van der Waals surface area (Å²) in [7, 11) is -3.84. The van der Waals surface area contributed by atoms with E-state index in [1.165, 1.54) is 12.8 Å². The van der Waals surface area contributed by atoms with Gasteiger partial charge in [0, 0.05) is 22.6 Å². The van der Waals surface area contributed by atoms with E-state index >= 15 is 0 Å². The number of imidazole rings is 1. The molecule has 176 valence electrons. The summed E-state index contributed by atoms with van der Waals surface area (Å²) in [6.45, 7) is 0. The fourth-order valence-corrected chi connectivity index (χ4v) is 6.02.